The van der Waals surface area contributed by atoms with Crippen LogP contribution in [0.3, 0.4) is 0 Å². The molecule has 2 aromatic rings. The third-order valence-electron chi connectivity index (χ3n) is 4.35. The molecule has 0 radical (unpaired) electrons. The number of rotatable bonds is 5. The Labute approximate surface area is 149 Å². The number of nitrogens with zero attached hydrogens (tertiary/aromatic N) is 2. The average molecular weight is 364 g/mol. The van der Waals surface area contributed by atoms with Gasteiger partial charge in [-0.3, -0.25) is 0 Å². The van der Waals surface area contributed by atoms with Crippen molar-refractivity contribution in [2.24, 2.45) is 5.16 Å². The number of hydrogen-bond acceptors (Lipinski definition) is 7. The molecule has 0 aliphatic carbocycles. The highest BCUT2D eigenvalue weighted by atomic mass is 32.2. The molecule has 128 valence electrons. The zero-order chi connectivity index (χ0) is 17.2. The summed E-state index contributed by atoms with van der Waals surface area (Å²) in [5.41, 5.74) is 1.08. The molecule has 1 N–H and O–H groups in total. The molecule has 1 saturated heterocycles. The number of ether oxygens (including phenoxy) is 2. The van der Waals surface area contributed by atoms with E-state index in [9.17, 15) is 0 Å². The fourth-order valence-electron chi connectivity index (χ4n) is 2.80. The zero-order valence-corrected chi connectivity index (χ0v) is 15.5. The Balaban J connectivity index is 1.77. The van der Waals surface area contributed by atoms with Gasteiger partial charge in [0.05, 0.1) is 28.8 Å². The third-order valence-corrected chi connectivity index (χ3v) is 6.61. The molecular weight excluding hydrogens is 344 g/mol. The molecule has 1 aromatic carbocycles. The number of benzene rings is 1. The van der Waals surface area contributed by atoms with E-state index in [2.05, 4.69) is 10.1 Å². The zero-order valence-electron chi connectivity index (χ0n) is 13.9. The monoisotopic (exact) mass is 364 g/mol. The van der Waals surface area contributed by atoms with Crippen molar-refractivity contribution in [2.45, 2.75) is 41.1 Å². The van der Waals surface area contributed by atoms with E-state index in [1.807, 2.05) is 37.4 Å². The summed E-state index contributed by atoms with van der Waals surface area (Å²) >= 11 is 3.31. The van der Waals surface area contributed by atoms with Crippen LogP contribution in [0.1, 0.15) is 30.8 Å². The molecule has 0 bridgehead atoms. The molecule has 2 unspecified atom stereocenters. The maximum absolute atomic E-state index is 8.82. The minimum atomic E-state index is -0.429. The molecule has 2 atom stereocenters. The Morgan fingerprint density at radius 2 is 2.21 bits per heavy atom. The van der Waals surface area contributed by atoms with Gasteiger partial charge < -0.3 is 14.7 Å². The lowest BCUT2D eigenvalue weighted by molar-refractivity contribution is -0.0647. The van der Waals surface area contributed by atoms with E-state index in [0.717, 1.165) is 26.1 Å². The van der Waals surface area contributed by atoms with Crippen molar-refractivity contribution in [3.63, 3.8) is 0 Å². The number of thiazole rings is 1. The summed E-state index contributed by atoms with van der Waals surface area (Å²) in [4.78, 5) is 5.70. The second kappa shape index (κ2) is 7.23. The van der Waals surface area contributed by atoms with Crippen molar-refractivity contribution >= 4 is 28.8 Å². The summed E-state index contributed by atoms with van der Waals surface area (Å²) < 4.78 is 12.6. The summed E-state index contributed by atoms with van der Waals surface area (Å²) in [5.74, 6) is 0. The van der Waals surface area contributed by atoms with Gasteiger partial charge in [-0.15, -0.1) is 11.3 Å². The molecule has 24 heavy (non-hydrogen) atoms. The lowest BCUT2D eigenvalue weighted by Gasteiger charge is -2.28. The standard InChI is InChI=1S/C17H20N2O3S2/c1-11(19-20)13-4-6-14(7-5-13)23-15-10-18-16(24-15)17(21-3)8-9-22-12(17)2/h4-7,10,12,20H,8-9H2,1-3H3. The van der Waals surface area contributed by atoms with Crippen LogP contribution < -0.4 is 0 Å². The maximum atomic E-state index is 8.82. The molecule has 2 heterocycles. The van der Waals surface area contributed by atoms with Crippen LogP contribution in [0.4, 0.5) is 0 Å². The lowest BCUT2D eigenvalue weighted by atomic mass is 9.97. The summed E-state index contributed by atoms with van der Waals surface area (Å²) in [7, 11) is 1.73. The second-order valence-electron chi connectivity index (χ2n) is 5.65. The third kappa shape index (κ3) is 3.21. The van der Waals surface area contributed by atoms with E-state index in [4.69, 9.17) is 14.7 Å². The van der Waals surface area contributed by atoms with Gasteiger partial charge in [-0.1, -0.05) is 29.1 Å². The summed E-state index contributed by atoms with van der Waals surface area (Å²) in [5, 5.41) is 13.0. The fourth-order valence-corrected chi connectivity index (χ4v) is 5.03. The maximum Gasteiger partial charge on any atom is 0.147 e. The lowest BCUT2D eigenvalue weighted by Crippen LogP contribution is -2.35. The Kier molecular flexibility index (Phi) is 5.24. The molecule has 1 aliphatic rings. The van der Waals surface area contributed by atoms with E-state index < -0.39 is 5.60 Å². The predicted molar refractivity (Wildman–Crippen MR) is 95.4 cm³/mol. The minimum Gasteiger partial charge on any atom is -0.411 e. The smallest absolute Gasteiger partial charge is 0.147 e. The van der Waals surface area contributed by atoms with Crippen molar-refractivity contribution in [3.8, 4) is 0 Å². The first-order chi connectivity index (χ1) is 11.6. The SMILES string of the molecule is COC1(c2ncc(Sc3ccc(C(C)=NO)cc3)s2)CCOC1C. The van der Waals surface area contributed by atoms with E-state index in [1.165, 1.54) is 0 Å². The highest BCUT2D eigenvalue weighted by Crippen LogP contribution is 2.43. The van der Waals surface area contributed by atoms with E-state index >= 15 is 0 Å². The Morgan fingerprint density at radius 1 is 1.46 bits per heavy atom. The van der Waals surface area contributed by atoms with Crippen LogP contribution in [0.15, 0.2) is 44.7 Å². The number of hydrogen-bond donors (Lipinski definition) is 1. The van der Waals surface area contributed by atoms with E-state index in [0.29, 0.717) is 12.3 Å². The molecule has 5 nitrogen and oxygen atoms in total. The normalized spacial score (nSPS) is 24.5. The van der Waals surface area contributed by atoms with Crippen molar-refractivity contribution in [1.29, 1.82) is 0 Å². The molecule has 1 fully saturated rings. The van der Waals surface area contributed by atoms with Crippen molar-refractivity contribution in [2.75, 3.05) is 13.7 Å². The van der Waals surface area contributed by atoms with Crippen LogP contribution in [0.25, 0.3) is 0 Å². The number of methoxy groups -OCH3 is 1. The van der Waals surface area contributed by atoms with Crippen LogP contribution in [-0.4, -0.2) is 35.7 Å². The van der Waals surface area contributed by atoms with Crippen LogP contribution in [-0.2, 0) is 15.1 Å². The van der Waals surface area contributed by atoms with Gasteiger partial charge in [0, 0.05) is 18.4 Å². The van der Waals surface area contributed by atoms with Gasteiger partial charge in [0.25, 0.3) is 0 Å². The first-order valence-electron chi connectivity index (χ1n) is 7.69. The van der Waals surface area contributed by atoms with Gasteiger partial charge in [-0.25, -0.2) is 4.98 Å². The van der Waals surface area contributed by atoms with E-state index in [-0.39, 0.29) is 6.10 Å². The molecule has 1 aliphatic heterocycles. The largest absolute Gasteiger partial charge is 0.411 e. The topological polar surface area (TPSA) is 63.9 Å². The minimum absolute atomic E-state index is 0.00604. The molecule has 0 amide bonds. The molecule has 0 spiro atoms. The fraction of sp³-hybridized carbons (Fsp3) is 0.412. The quantitative estimate of drug-likeness (QED) is 0.491. The molecular formula is C17H20N2O3S2. The highest BCUT2D eigenvalue weighted by Gasteiger charge is 2.45. The summed E-state index contributed by atoms with van der Waals surface area (Å²) in [6.07, 6.45) is 2.73. The predicted octanol–water partition coefficient (Wildman–Crippen LogP) is 4.14. The average Bonchev–Trinajstić information content (AvgIpc) is 3.22. The first-order valence-corrected chi connectivity index (χ1v) is 9.32. The van der Waals surface area contributed by atoms with Gasteiger partial charge in [-0.2, -0.15) is 0 Å². The van der Waals surface area contributed by atoms with Crippen molar-refractivity contribution < 1.29 is 14.7 Å². The Bertz CT molecular complexity index is 730. The van der Waals surface area contributed by atoms with Gasteiger partial charge in [0.1, 0.15) is 10.6 Å². The molecule has 1 aromatic heterocycles. The first kappa shape index (κ1) is 17.4. The second-order valence-corrected chi connectivity index (χ2v) is 8.06. The van der Waals surface area contributed by atoms with Crippen LogP contribution in [0.5, 0.6) is 0 Å². The number of aromatic nitrogens is 1. The van der Waals surface area contributed by atoms with Crippen LogP contribution in [0, 0.1) is 0 Å². The summed E-state index contributed by atoms with van der Waals surface area (Å²) in [6, 6.07) is 7.93. The van der Waals surface area contributed by atoms with Crippen LogP contribution >= 0.6 is 23.1 Å². The molecule has 0 saturated carbocycles. The number of oxime groups is 1. The molecule has 7 heteroatoms. The Morgan fingerprint density at radius 3 is 2.79 bits per heavy atom. The van der Waals surface area contributed by atoms with Crippen molar-refractivity contribution in [3.05, 3.63) is 41.0 Å². The van der Waals surface area contributed by atoms with Gasteiger partial charge >= 0.3 is 0 Å². The Hall–Kier alpha value is -1.41. The van der Waals surface area contributed by atoms with Gasteiger partial charge in [0.15, 0.2) is 0 Å². The highest BCUT2D eigenvalue weighted by molar-refractivity contribution is 8.01. The van der Waals surface area contributed by atoms with Crippen molar-refractivity contribution in [1.82, 2.24) is 4.98 Å². The van der Waals surface area contributed by atoms with Gasteiger partial charge in [0.2, 0.25) is 0 Å². The van der Waals surface area contributed by atoms with Gasteiger partial charge in [-0.05, 0) is 31.5 Å². The summed E-state index contributed by atoms with van der Waals surface area (Å²) in [6.45, 7) is 4.51. The van der Waals surface area contributed by atoms with E-state index in [1.54, 1.807) is 37.1 Å². The molecule has 3 rings (SSSR count). The van der Waals surface area contributed by atoms with Crippen LogP contribution in [0.2, 0.25) is 0 Å².